The van der Waals surface area contributed by atoms with Crippen LogP contribution in [0.2, 0.25) is 0 Å². The molecule has 0 unspecified atom stereocenters. The first-order valence-corrected chi connectivity index (χ1v) is 5.44. The van der Waals surface area contributed by atoms with Crippen molar-refractivity contribution in [1.82, 2.24) is 4.90 Å². The van der Waals surface area contributed by atoms with Crippen LogP contribution in [0.3, 0.4) is 0 Å². The second kappa shape index (κ2) is 5.49. The Morgan fingerprint density at radius 3 is 2.44 bits per heavy atom. The van der Waals surface area contributed by atoms with Crippen molar-refractivity contribution in [2.45, 2.75) is 19.8 Å². The van der Waals surface area contributed by atoms with Gasteiger partial charge in [-0.05, 0) is 32.1 Å². The number of aliphatic imine (C=N–C) groups is 1. The van der Waals surface area contributed by atoms with Crippen LogP contribution in [0.1, 0.15) is 19.8 Å². The molecule has 0 saturated carbocycles. The summed E-state index contributed by atoms with van der Waals surface area (Å²) in [6.45, 7) is 10.8. The minimum Gasteiger partial charge on any atom is -0.369 e. The maximum atomic E-state index is 11.0. The van der Waals surface area contributed by atoms with Gasteiger partial charge < -0.3 is 10.6 Å². The van der Waals surface area contributed by atoms with E-state index < -0.39 is 0 Å². The van der Waals surface area contributed by atoms with E-state index in [1.165, 1.54) is 0 Å². The number of carbonyl (C=O) groups is 1. The zero-order valence-corrected chi connectivity index (χ0v) is 9.78. The maximum Gasteiger partial charge on any atom is 0.220 e. The first-order valence-electron chi connectivity index (χ1n) is 5.44. The summed E-state index contributed by atoms with van der Waals surface area (Å²) in [4.78, 5) is 17.2. The number of hydrogen-bond acceptors (Lipinski definition) is 3. The number of likely N-dealkylation sites (tertiary alicyclic amines) is 1. The van der Waals surface area contributed by atoms with Crippen LogP contribution in [-0.2, 0) is 4.79 Å². The van der Waals surface area contributed by atoms with E-state index in [2.05, 4.69) is 23.2 Å². The first kappa shape index (κ1) is 12.5. The molecule has 1 saturated heterocycles. The fourth-order valence-electron chi connectivity index (χ4n) is 1.94. The summed E-state index contributed by atoms with van der Waals surface area (Å²) in [5, 5.41) is 0. The van der Waals surface area contributed by atoms with Gasteiger partial charge in [0.1, 0.15) is 5.82 Å². The number of amides is 1. The minimum absolute atomic E-state index is 0.00588. The summed E-state index contributed by atoms with van der Waals surface area (Å²) in [6, 6.07) is 0. The molecule has 4 nitrogen and oxygen atoms in total. The molecule has 2 N–H and O–H groups in total. The Hall–Kier alpha value is -1.58. The fourth-order valence-corrected chi connectivity index (χ4v) is 1.94. The smallest absolute Gasteiger partial charge is 0.220 e. The summed E-state index contributed by atoms with van der Waals surface area (Å²) in [5.74, 6) is 0.668. The molecular weight excluding hydrogens is 202 g/mol. The lowest BCUT2D eigenvalue weighted by atomic mass is 9.96. The van der Waals surface area contributed by atoms with Crippen LogP contribution in [0.4, 0.5) is 0 Å². The molecule has 4 heteroatoms. The Morgan fingerprint density at radius 1 is 1.50 bits per heavy atom. The van der Waals surface area contributed by atoms with Gasteiger partial charge >= 0.3 is 0 Å². The molecule has 0 aliphatic carbocycles. The van der Waals surface area contributed by atoms with Crippen molar-refractivity contribution in [2.24, 2.45) is 16.6 Å². The second-order valence-electron chi connectivity index (χ2n) is 4.03. The number of primary amides is 1. The molecule has 0 aromatic rings. The van der Waals surface area contributed by atoms with Crippen molar-refractivity contribution in [3.8, 4) is 0 Å². The third-order valence-corrected chi connectivity index (χ3v) is 3.01. The van der Waals surface area contributed by atoms with Gasteiger partial charge in [-0.25, -0.2) is 4.99 Å². The molecule has 0 bridgehead atoms. The molecule has 0 atom stereocenters. The quantitative estimate of drug-likeness (QED) is 0.574. The molecule has 1 aliphatic heterocycles. The second-order valence-corrected chi connectivity index (χ2v) is 4.03. The van der Waals surface area contributed by atoms with Crippen LogP contribution in [0.5, 0.6) is 0 Å². The fraction of sp³-hybridized carbons (Fsp3) is 0.500. The van der Waals surface area contributed by atoms with E-state index >= 15 is 0 Å². The maximum absolute atomic E-state index is 11.0. The van der Waals surface area contributed by atoms with Crippen LogP contribution in [0, 0.1) is 5.92 Å². The molecule has 1 fully saturated rings. The van der Waals surface area contributed by atoms with Gasteiger partial charge in [-0.1, -0.05) is 12.7 Å². The van der Waals surface area contributed by atoms with Gasteiger partial charge in [-0.2, -0.15) is 0 Å². The predicted molar refractivity (Wildman–Crippen MR) is 65.9 cm³/mol. The largest absolute Gasteiger partial charge is 0.369 e. The number of rotatable bonds is 4. The molecule has 88 valence electrons. The van der Waals surface area contributed by atoms with Crippen molar-refractivity contribution in [1.29, 1.82) is 0 Å². The first-order chi connectivity index (χ1) is 7.60. The minimum atomic E-state index is -0.197. The Bertz CT molecular complexity index is 325. The van der Waals surface area contributed by atoms with Gasteiger partial charge in [-0.3, -0.25) is 4.79 Å². The van der Waals surface area contributed by atoms with Gasteiger partial charge in [-0.15, -0.1) is 0 Å². The van der Waals surface area contributed by atoms with Crippen LogP contribution in [-0.4, -0.2) is 30.6 Å². The molecular formula is C12H19N3O. The standard InChI is InChI=1S/C12H19N3O/c1-4-9(2)12(14-3)15-7-5-10(6-8-15)11(13)16/h4,10H,1,3,5-8H2,2H3,(H2,13,16)/b12-9+. The van der Waals surface area contributed by atoms with Gasteiger partial charge in [0.15, 0.2) is 0 Å². The number of carbonyl (C=O) groups excluding carboxylic acids is 1. The van der Waals surface area contributed by atoms with Crippen LogP contribution in [0.15, 0.2) is 29.0 Å². The highest BCUT2D eigenvalue weighted by Gasteiger charge is 2.24. The Labute approximate surface area is 96.5 Å². The summed E-state index contributed by atoms with van der Waals surface area (Å²) in [7, 11) is 0. The summed E-state index contributed by atoms with van der Waals surface area (Å²) < 4.78 is 0. The van der Waals surface area contributed by atoms with Crippen LogP contribution < -0.4 is 5.73 Å². The molecule has 1 aliphatic rings. The Balaban J connectivity index is 2.69. The highest BCUT2D eigenvalue weighted by atomic mass is 16.1. The summed E-state index contributed by atoms with van der Waals surface area (Å²) in [5.41, 5.74) is 6.29. The highest BCUT2D eigenvalue weighted by Crippen LogP contribution is 2.22. The van der Waals surface area contributed by atoms with E-state index in [4.69, 9.17) is 5.73 Å². The lowest BCUT2D eigenvalue weighted by molar-refractivity contribution is -0.123. The molecule has 1 amide bonds. The van der Waals surface area contributed by atoms with Crippen molar-refractivity contribution in [3.05, 3.63) is 24.0 Å². The third kappa shape index (κ3) is 2.72. The van der Waals surface area contributed by atoms with E-state index in [0.717, 1.165) is 37.3 Å². The molecule has 0 aromatic heterocycles. The number of piperidine rings is 1. The number of nitrogens with two attached hydrogens (primary N) is 1. The molecule has 1 heterocycles. The highest BCUT2D eigenvalue weighted by molar-refractivity contribution is 5.76. The monoisotopic (exact) mass is 221 g/mol. The van der Waals surface area contributed by atoms with E-state index in [1.807, 2.05) is 6.92 Å². The molecule has 0 radical (unpaired) electrons. The summed E-state index contributed by atoms with van der Waals surface area (Å²) >= 11 is 0. The number of allylic oxidation sites excluding steroid dienone is 2. The lowest BCUT2D eigenvalue weighted by Gasteiger charge is -2.32. The number of nitrogens with zero attached hydrogens (tertiary/aromatic N) is 2. The molecule has 16 heavy (non-hydrogen) atoms. The van der Waals surface area contributed by atoms with Gasteiger partial charge in [0.25, 0.3) is 0 Å². The summed E-state index contributed by atoms with van der Waals surface area (Å²) in [6.07, 6.45) is 3.35. The number of hydrogen-bond donors (Lipinski definition) is 1. The van der Waals surface area contributed by atoms with E-state index in [1.54, 1.807) is 6.08 Å². The zero-order chi connectivity index (χ0) is 12.1. The van der Waals surface area contributed by atoms with Crippen molar-refractivity contribution < 1.29 is 4.79 Å². The molecule has 1 rings (SSSR count). The van der Waals surface area contributed by atoms with E-state index in [9.17, 15) is 4.79 Å². The Kier molecular flexibility index (Phi) is 4.28. The Morgan fingerprint density at radius 2 is 2.06 bits per heavy atom. The van der Waals surface area contributed by atoms with Crippen molar-refractivity contribution in [2.75, 3.05) is 13.1 Å². The predicted octanol–water partition coefficient (Wildman–Crippen LogP) is 1.30. The topological polar surface area (TPSA) is 58.7 Å². The van der Waals surface area contributed by atoms with Crippen molar-refractivity contribution in [3.63, 3.8) is 0 Å². The van der Waals surface area contributed by atoms with E-state index in [0.29, 0.717) is 0 Å². The third-order valence-electron chi connectivity index (χ3n) is 3.01. The van der Waals surface area contributed by atoms with Gasteiger partial charge in [0.05, 0.1) is 0 Å². The lowest BCUT2D eigenvalue weighted by Crippen LogP contribution is -2.38. The van der Waals surface area contributed by atoms with Crippen LogP contribution in [0.25, 0.3) is 0 Å². The normalized spacial score (nSPS) is 18.9. The molecule has 0 spiro atoms. The molecule has 0 aromatic carbocycles. The van der Waals surface area contributed by atoms with Gasteiger partial charge in [0.2, 0.25) is 5.91 Å². The van der Waals surface area contributed by atoms with Gasteiger partial charge in [0, 0.05) is 19.0 Å². The van der Waals surface area contributed by atoms with Crippen LogP contribution >= 0.6 is 0 Å². The zero-order valence-electron chi connectivity index (χ0n) is 9.78. The SMILES string of the molecule is C=C/C(C)=C(\N=C)N1CCC(C(N)=O)CC1. The van der Waals surface area contributed by atoms with E-state index in [-0.39, 0.29) is 11.8 Å². The van der Waals surface area contributed by atoms with Crippen molar-refractivity contribution >= 4 is 12.6 Å². The average molecular weight is 221 g/mol. The average Bonchev–Trinajstić information content (AvgIpc) is 2.30.